The summed E-state index contributed by atoms with van der Waals surface area (Å²) in [4.78, 5) is 16.8. The van der Waals surface area contributed by atoms with Gasteiger partial charge in [-0.15, -0.1) is 0 Å². The molecule has 0 spiro atoms. The number of anilines is 1. The molecule has 0 aliphatic heterocycles. The number of rotatable bonds is 4. The number of nitrogens with zero attached hydrogens (tertiary/aromatic N) is 1. The van der Waals surface area contributed by atoms with Gasteiger partial charge in [0.2, 0.25) is 11.8 Å². The number of oxazole rings is 1. The van der Waals surface area contributed by atoms with E-state index >= 15 is 0 Å². The number of hydrogen-bond acceptors (Lipinski definition) is 4. The van der Waals surface area contributed by atoms with Crippen molar-refractivity contribution >= 4 is 68.5 Å². The van der Waals surface area contributed by atoms with Crippen molar-refractivity contribution in [3.63, 3.8) is 0 Å². The minimum Gasteiger partial charge on any atom is -0.436 e. The van der Waals surface area contributed by atoms with E-state index in [2.05, 4.69) is 15.6 Å². The Bertz CT molecular complexity index is 1560. The fourth-order valence-electron chi connectivity index (χ4n) is 3.63. The average Bonchev–Trinajstić information content (AvgIpc) is 3.26. The molecule has 0 atom stereocenters. The van der Waals surface area contributed by atoms with Crippen LogP contribution >= 0.6 is 23.8 Å². The molecule has 5 nitrogen and oxygen atoms in total. The third-order valence-corrected chi connectivity index (χ3v) is 5.74. The molecule has 5 aromatic rings. The van der Waals surface area contributed by atoms with Crippen molar-refractivity contribution in [3.8, 4) is 11.5 Å². The Labute approximate surface area is 206 Å². The average molecular weight is 484 g/mol. The normalized spacial score (nSPS) is 11.2. The monoisotopic (exact) mass is 483 g/mol. The molecule has 0 fully saturated rings. The van der Waals surface area contributed by atoms with E-state index in [1.54, 1.807) is 6.08 Å². The fraction of sp³-hybridized carbons (Fsp3) is 0. The number of carbonyl (C=O) groups is 1. The Hall–Kier alpha value is -4.00. The third kappa shape index (κ3) is 4.69. The molecule has 0 aliphatic carbocycles. The van der Waals surface area contributed by atoms with Crippen LogP contribution in [0.5, 0.6) is 0 Å². The molecule has 0 unspecified atom stereocenters. The lowest BCUT2D eigenvalue weighted by atomic mass is 10.0. The minimum absolute atomic E-state index is 0.189. The van der Waals surface area contributed by atoms with Crippen LogP contribution < -0.4 is 10.6 Å². The highest BCUT2D eigenvalue weighted by Gasteiger charge is 2.13. The molecule has 4 aromatic carbocycles. The molecule has 166 valence electrons. The summed E-state index contributed by atoms with van der Waals surface area (Å²) in [6.07, 6.45) is 3.16. The van der Waals surface area contributed by atoms with Crippen LogP contribution in [0, 0.1) is 0 Å². The van der Waals surface area contributed by atoms with Crippen LogP contribution in [0.1, 0.15) is 5.56 Å². The van der Waals surface area contributed by atoms with Crippen LogP contribution in [0.4, 0.5) is 5.69 Å². The molecule has 0 radical (unpaired) electrons. The van der Waals surface area contributed by atoms with Crippen molar-refractivity contribution in [2.45, 2.75) is 0 Å². The van der Waals surface area contributed by atoms with E-state index < -0.39 is 0 Å². The third-order valence-electron chi connectivity index (χ3n) is 5.21. The number of amides is 1. The van der Waals surface area contributed by atoms with Gasteiger partial charge >= 0.3 is 0 Å². The number of halogens is 1. The summed E-state index contributed by atoms with van der Waals surface area (Å²) in [5.41, 5.74) is 3.78. The number of fused-ring (bicyclic) bond motifs is 2. The first-order chi connectivity index (χ1) is 16.6. The minimum atomic E-state index is -0.319. The molecule has 0 aliphatic rings. The number of carbonyl (C=O) groups excluding carboxylic acids is 1. The highest BCUT2D eigenvalue weighted by atomic mass is 35.5. The van der Waals surface area contributed by atoms with Crippen molar-refractivity contribution in [1.82, 2.24) is 10.3 Å². The van der Waals surface area contributed by atoms with Gasteiger partial charge in [-0.2, -0.15) is 0 Å². The summed E-state index contributed by atoms with van der Waals surface area (Å²) in [6, 6.07) is 26.6. The molecule has 1 amide bonds. The molecule has 1 aromatic heterocycles. The van der Waals surface area contributed by atoms with E-state index in [4.69, 9.17) is 28.2 Å². The first-order valence-electron chi connectivity index (χ1n) is 10.5. The molecule has 34 heavy (non-hydrogen) atoms. The second kappa shape index (κ2) is 9.47. The SMILES string of the molecule is O=C(/C=C/c1ccccc1)NC(=S)Nc1ccc2oc(-c3cccc4c(Cl)cccc34)nc2c1. The van der Waals surface area contributed by atoms with Crippen LogP contribution in [0.3, 0.4) is 0 Å². The van der Waals surface area contributed by atoms with Crippen LogP contribution in [-0.4, -0.2) is 16.0 Å². The Morgan fingerprint density at radius 1 is 0.941 bits per heavy atom. The quantitative estimate of drug-likeness (QED) is 0.216. The summed E-state index contributed by atoms with van der Waals surface area (Å²) >= 11 is 11.6. The fourth-order valence-corrected chi connectivity index (χ4v) is 4.09. The first kappa shape index (κ1) is 21.8. The molecule has 5 rings (SSSR count). The van der Waals surface area contributed by atoms with Crippen molar-refractivity contribution in [1.29, 1.82) is 0 Å². The topological polar surface area (TPSA) is 67.2 Å². The summed E-state index contributed by atoms with van der Waals surface area (Å²) in [5, 5.41) is 8.43. The molecule has 0 saturated heterocycles. The maximum absolute atomic E-state index is 12.2. The van der Waals surface area contributed by atoms with E-state index in [0.717, 1.165) is 21.9 Å². The smallest absolute Gasteiger partial charge is 0.250 e. The van der Waals surface area contributed by atoms with Crippen LogP contribution in [0.25, 0.3) is 39.4 Å². The summed E-state index contributed by atoms with van der Waals surface area (Å²) < 4.78 is 6.01. The maximum Gasteiger partial charge on any atom is 0.250 e. The summed E-state index contributed by atoms with van der Waals surface area (Å²) in [7, 11) is 0. The number of benzene rings is 4. The van der Waals surface area contributed by atoms with Crippen LogP contribution in [0.15, 0.2) is 95.4 Å². The number of hydrogen-bond donors (Lipinski definition) is 2. The van der Waals surface area contributed by atoms with Gasteiger partial charge in [0.1, 0.15) is 5.52 Å². The summed E-state index contributed by atoms with van der Waals surface area (Å²) in [5.74, 6) is 0.183. The van der Waals surface area contributed by atoms with Crippen molar-refractivity contribution in [2.75, 3.05) is 5.32 Å². The van der Waals surface area contributed by atoms with Crippen LogP contribution in [0.2, 0.25) is 5.02 Å². The Balaban J connectivity index is 1.32. The van der Waals surface area contributed by atoms with Gasteiger partial charge in [0.15, 0.2) is 10.7 Å². The van der Waals surface area contributed by atoms with Gasteiger partial charge in [-0.25, -0.2) is 4.98 Å². The second-order valence-electron chi connectivity index (χ2n) is 7.53. The van der Waals surface area contributed by atoms with Gasteiger partial charge in [-0.1, -0.05) is 66.2 Å². The highest BCUT2D eigenvalue weighted by Crippen LogP contribution is 2.33. The van der Waals surface area contributed by atoms with E-state index in [0.29, 0.717) is 27.7 Å². The molecule has 2 N–H and O–H groups in total. The predicted octanol–water partition coefficient (Wildman–Crippen LogP) is 6.83. The molecule has 0 bridgehead atoms. The zero-order valence-electron chi connectivity index (χ0n) is 17.8. The lowest BCUT2D eigenvalue weighted by Gasteiger charge is -2.07. The highest BCUT2D eigenvalue weighted by molar-refractivity contribution is 7.80. The number of nitrogens with one attached hydrogen (secondary N) is 2. The van der Waals surface area contributed by atoms with Crippen molar-refractivity contribution < 1.29 is 9.21 Å². The second-order valence-corrected chi connectivity index (χ2v) is 8.34. The van der Waals surface area contributed by atoms with Gasteiger partial charge in [-0.05, 0) is 59.6 Å². The largest absolute Gasteiger partial charge is 0.436 e. The molecule has 1 heterocycles. The van der Waals surface area contributed by atoms with E-state index in [1.165, 1.54) is 6.08 Å². The molecular formula is C27H18ClN3O2S. The molecular weight excluding hydrogens is 466 g/mol. The predicted molar refractivity (Wildman–Crippen MR) is 142 cm³/mol. The van der Waals surface area contributed by atoms with Gasteiger partial charge in [0.25, 0.3) is 0 Å². The van der Waals surface area contributed by atoms with E-state index in [9.17, 15) is 4.79 Å². The summed E-state index contributed by atoms with van der Waals surface area (Å²) in [6.45, 7) is 0. The first-order valence-corrected chi connectivity index (χ1v) is 11.3. The standard InChI is InChI=1S/C27H18ClN3O2S/c28-22-11-5-8-19-20(22)9-4-10-21(19)26-30-23-16-18(13-14-24(23)33-26)29-27(34)31-25(32)15-12-17-6-2-1-3-7-17/h1-16H,(H2,29,31,32,34)/b15-12+. The Morgan fingerprint density at radius 3 is 2.59 bits per heavy atom. The van der Waals surface area contributed by atoms with E-state index in [-0.39, 0.29) is 11.0 Å². The van der Waals surface area contributed by atoms with Gasteiger partial charge < -0.3 is 9.73 Å². The number of thiocarbonyl (C=S) groups is 1. The van der Waals surface area contributed by atoms with E-state index in [1.807, 2.05) is 84.9 Å². The van der Waals surface area contributed by atoms with Crippen LogP contribution in [-0.2, 0) is 4.79 Å². The zero-order chi connectivity index (χ0) is 23.5. The van der Waals surface area contributed by atoms with Crippen molar-refractivity contribution in [2.24, 2.45) is 0 Å². The lowest BCUT2D eigenvalue weighted by molar-refractivity contribution is -0.115. The Morgan fingerprint density at radius 2 is 1.74 bits per heavy atom. The maximum atomic E-state index is 12.2. The van der Waals surface area contributed by atoms with Gasteiger partial charge in [0, 0.05) is 27.7 Å². The zero-order valence-corrected chi connectivity index (χ0v) is 19.4. The van der Waals surface area contributed by atoms with Gasteiger partial charge in [0.05, 0.1) is 0 Å². The van der Waals surface area contributed by atoms with Gasteiger partial charge in [-0.3, -0.25) is 10.1 Å². The van der Waals surface area contributed by atoms with Crippen molar-refractivity contribution in [3.05, 3.63) is 102 Å². The molecule has 0 saturated carbocycles. The number of aromatic nitrogens is 1. The Kier molecular flexibility index (Phi) is 6.08. The lowest BCUT2D eigenvalue weighted by Crippen LogP contribution is -2.32. The molecule has 7 heteroatoms.